The van der Waals surface area contributed by atoms with Gasteiger partial charge in [-0.05, 0) is 103 Å². The Morgan fingerprint density at radius 1 is 1.11 bits per heavy atom. The summed E-state index contributed by atoms with van der Waals surface area (Å²) in [5.74, 6) is 2.52. The minimum Gasteiger partial charge on any atom is -0.462 e. The number of nitrogens with zero attached hydrogens (tertiary/aromatic N) is 3. The fourth-order valence-electron chi connectivity index (χ4n) is 8.80. The number of esters is 1. The Bertz CT molecular complexity index is 1090. The second-order valence-electron chi connectivity index (χ2n) is 11.9. The average Bonchev–Trinajstić information content (AvgIpc) is 3.22. The molecule has 1 aromatic carbocycles. The number of carbonyl (C=O) groups excluding carboxylic acids is 2. The van der Waals surface area contributed by atoms with Crippen LogP contribution in [0.25, 0.3) is 10.4 Å². The normalized spacial score (nSPS) is 36.9. The van der Waals surface area contributed by atoms with Crippen LogP contribution in [0, 0.1) is 40.4 Å². The maximum atomic E-state index is 12.5. The van der Waals surface area contributed by atoms with Gasteiger partial charge >= 0.3 is 5.97 Å². The van der Waals surface area contributed by atoms with Gasteiger partial charge < -0.3 is 4.74 Å². The van der Waals surface area contributed by atoms with E-state index in [1.165, 1.54) is 19.3 Å². The van der Waals surface area contributed by atoms with Gasteiger partial charge in [0.1, 0.15) is 0 Å². The Morgan fingerprint density at radius 3 is 2.63 bits per heavy atom. The molecule has 0 amide bonds. The van der Waals surface area contributed by atoms with E-state index in [4.69, 9.17) is 10.3 Å². The van der Waals surface area contributed by atoms with E-state index in [1.807, 2.05) is 18.2 Å². The molecule has 0 bridgehead atoms. The van der Waals surface area contributed by atoms with Gasteiger partial charge in [-0.3, -0.25) is 4.79 Å². The van der Waals surface area contributed by atoms with Gasteiger partial charge in [0.2, 0.25) is 0 Å². The number of hydrogen-bond donors (Lipinski definition) is 0. The van der Waals surface area contributed by atoms with Gasteiger partial charge in [-0.15, -0.1) is 0 Å². The zero-order valence-electron chi connectivity index (χ0n) is 21.2. The highest BCUT2D eigenvalue weighted by Crippen LogP contribution is 2.67. The van der Waals surface area contributed by atoms with Gasteiger partial charge in [-0.1, -0.05) is 49.7 Å². The number of ketones is 1. The SMILES string of the molecule is C[C@H](COC(=O)c1ccccc1)[C@H]1CC[C@H]2[C@@H]3CCC4=C(N=[N+]=[N-])C(=O)CC[C@]4(C)[C@H]3CC[C@]12C. The van der Waals surface area contributed by atoms with E-state index in [-0.39, 0.29) is 22.6 Å². The van der Waals surface area contributed by atoms with E-state index in [0.29, 0.717) is 53.9 Å². The molecule has 0 unspecified atom stereocenters. The summed E-state index contributed by atoms with van der Waals surface area (Å²) >= 11 is 0. The molecule has 0 spiro atoms. The number of azide groups is 1. The maximum absolute atomic E-state index is 12.5. The highest BCUT2D eigenvalue weighted by molar-refractivity contribution is 5.97. The van der Waals surface area contributed by atoms with E-state index >= 15 is 0 Å². The lowest BCUT2D eigenvalue weighted by Crippen LogP contribution is -2.51. The minimum absolute atomic E-state index is 0.0224. The Kier molecular flexibility index (Phi) is 6.29. The van der Waals surface area contributed by atoms with Crippen molar-refractivity contribution in [2.45, 2.75) is 72.1 Å². The summed E-state index contributed by atoms with van der Waals surface area (Å²) in [5, 5.41) is 3.87. The van der Waals surface area contributed by atoms with E-state index in [1.54, 1.807) is 12.1 Å². The van der Waals surface area contributed by atoms with Crippen LogP contribution in [-0.2, 0) is 9.53 Å². The van der Waals surface area contributed by atoms with Crippen molar-refractivity contribution in [3.05, 3.63) is 57.6 Å². The summed E-state index contributed by atoms with van der Waals surface area (Å²) in [6.45, 7) is 7.55. The first kappa shape index (κ1) is 24.1. The molecule has 1 aromatic rings. The second kappa shape index (κ2) is 9.13. The van der Waals surface area contributed by atoms with Crippen LogP contribution in [0.15, 0.2) is 46.7 Å². The number of carbonyl (C=O) groups is 2. The zero-order chi connectivity index (χ0) is 24.8. The van der Waals surface area contributed by atoms with Crippen LogP contribution in [0.4, 0.5) is 0 Å². The molecule has 0 heterocycles. The first-order valence-electron chi connectivity index (χ1n) is 13.3. The van der Waals surface area contributed by atoms with E-state index in [2.05, 4.69) is 30.8 Å². The third kappa shape index (κ3) is 3.91. The van der Waals surface area contributed by atoms with Crippen molar-refractivity contribution in [2.24, 2.45) is 45.5 Å². The molecule has 5 rings (SSSR count). The molecule has 0 saturated heterocycles. The number of hydrogen-bond acceptors (Lipinski definition) is 4. The molecule has 6 heteroatoms. The van der Waals surface area contributed by atoms with Crippen molar-refractivity contribution in [3.8, 4) is 0 Å². The smallest absolute Gasteiger partial charge is 0.338 e. The number of ether oxygens (including phenoxy) is 1. The van der Waals surface area contributed by atoms with Gasteiger partial charge in [0.15, 0.2) is 5.78 Å². The quantitative estimate of drug-likeness (QED) is 0.194. The Labute approximate surface area is 208 Å². The molecule has 4 aliphatic rings. The molecule has 0 aliphatic heterocycles. The van der Waals surface area contributed by atoms with E-state index in [9.17, 15) is 9.59 Å². The largest absolute Gasteiger partial charge is 0.462 e. The summed E-state index contributed by atoms with van der Waals surface area (Å²) in [6, 6.07) is 9.25. The molecule has 0 aromatic heterocycles. The first-order chi connectivity index (χ1) is 16.8. The third-order valence-electron chi connectivity index (χ3n) is 10.5. The molecular weight excluding hydrogens is 438 g/mol. The van der Waals surface area contributed by atoms with Gasteiger partial charge in [-0.2, -0.15) is 0 Å². The molecule has 3 saturated carbocycles. The van der Waals surface area contributed by atoms with Crippen LogP contribution in [0.1, 0.15) is 82.5 Å². The topological polar surface area (TPSA) is 92.1 Å². The van der Waals surface area contributed by atoms with Crippen LogP contribution in [0.2, 0.25) is 0 Å². The lowest BCUT2D eigenvalue weighted by atomic mass is 9.46. The fourth-order valence-corrected chi connectivity index (χ4v) is 8.80. The van der Waals surface area contributed by atoms with Crippen molar-refractivity contribution in [2.75, 3.05) is 6.61 Å². The zero-order valence-corrected chi connectivity index (χ0v) is 21.2. The monoisotopic (exact) mass is 475 g/mol. The summed E-state index contributed by atoms with van der Waals surface area (Å²) in [4.78, 5) is 28.0. The predicted octanol–water partition coefficient (Wildman–Crippen LogP) is 7.27. The standard InChI is InChI=1S/C29H37N3O3/c1-18(17-35-27(34)19-7-5-4-6-8-19)21-11-12-22-20-9-10-24-26(31-32-30)25(33)14-16-29(24,3)23(20)13-15-28(21,22)2/h4-8,18,20-23H,9-17H2,1-3H3/t18-,20+,21-,22+,23+,28-,29-/m1/s1. The highest BCUT2D eigenvalue weighted by Gasteiger charge is 2.60. The van der Waals surface area contributed by atoms with Gasteiger partial charge in [-0.25, -0.2) is 4.79 Å². The summed E-state index contributed by atoms with van der Waals surface area (Å²) in [6.07, 6.45) is 8.08. The molecule has 7 atom stereocenters. The van der Waals surface area contributed by atoms with Crippen molar-refractivity contribution in [1.82, 2.24) is 0 Å². The Balaban J connectivity index is 1.32. The fraction of sp³-hybridized carbons (Fsp3) is 0.655. The molecule has 0 radical (unpaired) electrons. The Morgan fingerprint density at radius 2 is 1.89 bits per heavy atom. The minimum atomic E-state index is -0.233. The van der Waals surface area contributed by atoms with Crippen molar-refractivity contribution < 1.29 is 14.3 Å². The molecule has 3 fully saturated rings. The van der Waals surface area contributed by atoms with E-state index in [0.717, 1.165) is 31.3 Å². The molecule has 186 valence electrons. The van der Waals surface area contributed by atoms with Gasteiger partial charge in [0.05, 0.1) is 17.9 Å². The molecule has 4 aliphatic carbocycles. The third-order valence-corrected chi connectivity index (χ3v) is 10.5. The van der Waals surface area contributed by atoms with Crippen LogP contribution in [-0.4, -0.2) is 18.4 Å². The predicted molar refractivity (Wildman–Crippen MR) is 134 cm³/mol. The van der Waals surface area contributed by atoms with Crippen LogP contribution in [0.5, 0.6) is 0 Å². The van der Waals surface area contributed by atoms with Crippen LogP contribution >= 0.6 is 0 Å². The lowest BCUT2D eigenvalue weighted by molar-refractivity contribution is -0.119. The molecule has 0 N–H and O–H groups in total. The second-order valence-corrected chi connectivity index (χ2v) is 11.9. The highest BCUT2D eigenvalue weighted by atomic mass is 16.5. The Hall–Kier alpha value is -2.59. The lowest BCUT2D eigenvalue weighted by Gasteiger charge is -2.58. The first-order valence-corrected chi connectivity index (χ1v) is 13.3. The molecular formula is C29H37N3O3. The van der Waals surface area contributed by atoms with Gasteiger partial charge in [0.25, 0.3) is 0 Å². The summed E-state index contributed by atoms with van der Waals surface area (Å²) in [5.41, 5.74) is 11.5. The van der Waals surface area contributed by atoms with Crippen LogP contribution in [0.3, 0.4) is 0 Å². The van der Waals surface area contributed by atoms with Crippen molar-refractivity contribution >= 4 is 11.8 Å². The van der Waals surface area contributed by atoms with Crippen LogP contribution < -0.4 is 0 Å². The number of rotatable bonds is 5. The average molecular weight is 476 g/mol. The van der Waals surface area contributed by atoms with Gasteiger partial charge in [0, 0.05) is 11.3 Å². The molecule has 6 nitrogen and oxygen atoms in total. The van der Waals surface area contributed by atoms with Crippen molar-refractivity contribution in [3.63, 3.8) is 0 Å². The summed E-state index contributed by atoms with van der Waals surface area (Å²) in [7, 11) is 0. The van der Waals surface area contributed by atoms with E-state index < -0.39 is 0 Å². The number of fused-ring (bicyclic) bond motifs is 5. The number of benzene rings is 1. The van der Waals surface area contributed by atoms with Crippen molar-refractivity contribution in [1.29, 1.82) is 0 Å². The maximum Gasteiger partial charge on any atom is 0.338 e. The number of allylic oxidation sites excluding steroid dienone is 1. The number of Topliss-reactive ketones (excluding diaryl/α,β-unsaturated/α-hetero) is 1. The summed E-state index contributed by atoms with van der Waals surface area (Å²) < 4.78 is 5.75. The molecule has 35 heavy (non-hydrogen) atoms.